The van der Waals surface area contributed by atoms with Gasteiger partial charge < -0.3 is 19.2 Å². The highest BCUT2D eigenvalue weighted by Crippen LogP contribution is 2.16. The van der Waals surface area contributed by atoms with Crippen molar-refractivity contribution in [3.05, 3.63) is 23.2 Å². The number of esters is 1. The van der Waals surface area contributed by atoms with Crippen LogP contribution in [-0.4, -0.2) is 57.2 Å². The molecule has 1 amide bonds. The second-order valence-corrected chi connectivity index (χ2v) is 5.27. The summed E-state index contributed by atoms with van der Waals surface area (Å²) in [6, 6.07) is 1.60. The van der Waals surface area contributed by atoms with Crippen molar-refractivity contribution in [3.8, 4) is 0 Å². The van der Waals surface area contributed by atoms with Crippen LogP contribution in [-0.2, 0) is 20.8 Å². The SMILES string of the molecule is COCC(C)NC(=O)CN(C)Cc1cc(C(=O)OC)c(C)o1. The minimum absolute atomic E-state index is 0.0392. The van der Waals surface area contributed by atoms with Crippen LogP contribution in [0.4, 0.5) is 0 Å². The zero-order chi connectivity index (χ0) is 16.7. The van der Waals surface area contributed by atoms with Gasteiger partial charge in [-0.05, 0) is 27.0 Å². The van der Waals surface area contributed by atoms with Crippen molar-refractivity contribution in [2.24, 2.45) is 0 Å². The second kappa shape index (κ2) is 8.55. The highest BCUT2D eigenvalue weighted by atomic mass is 16.5. The molecule has 0 aliphatic carbocycles. The van der Waals surface area contributed by atoms with Crippen LogP contribution in [0, 0.1) is 6.92 Å². The molecule has 0 spiro atoms. The monoisotopic (exact) mass is 312 g/mol. The van der Waals surface area contributed by atoms with E-state index in [4.69, 9.17) is 9.15 Å². The maximum atomic E-state index is 11.8. The summed E-state index contributed by atoms with van der Waals surface area (Å²) < 4.78 is 15.2. The van der Waals surface area contributed by atoms with E-state index in [-0.39, 0.29) is 18.5 Å². The third kappa shape index (κ3) is 5.50. The maximum absolute atomic E-state index is 11.8. The summed E-state index contributed by atoms with van der Waals surface area (Å²) >= 11 is 0. The lowest BCUT2D eigenvalue weighted by Gasteiger charge is -2.17. The molecule has 0 bridgehead atoms. The average Bonchev–Trinajstić information content (AvgIpc) is 2.78. The number of methoxy groups -OCH3 is 2. The topological polar surface area (TPSA) is 81.0 Å². The molecule has 0 aliphatic rings. The van der Waals surface area contributed by atoms with Gasteiger partial charge in [0.05, 0.1) is 26.8 Å². The summed E-state index contributed by atoms with van der Waals surface area (Å²) in [5.74, 6) is 0.594. The Labute approximate surface area is 130 Å². The fourth-order valence-electron chi connectivity index (χ4n) is 2.11. The number of aryl methyl sites for hydroxylation is 1. The van der Waals surface area contributed by atoms with Crippen LogP contribution in [0.5, 0.6) is 0 Å². The zero-order valence-electron chi connectivity index (χ0n) is 13.8. The molecule has 0 aliphatic heterocycles. The van der Waals surface area contributed by atoms with E-state index in [1.54, 1.807) is 32.0 Å². The Hall–Kier alpha value is -1.86. The molecule has 7 nitrogen and oxygen atoms in total. The van der Waals surface area contributed by atoms with Crippen molar-refractivity contribution in [3.63, 3.8) is 0 Å². The summed E-state index contributed by atoms with van der Waals surface area (Å²) in [7, 11) is 4.72. The van der Waals surface area contributed by atoms with Crippen molar-refractivity contribution in [1.29, 1.82) is 0 Å². The number of furan rings is 1. The second-order valence-electron chi connectivity index (χ2n) is 5.27. The minimum Gasteiger partial charge on any atom is -0.465 e. The van der Waals surface area contributed by atoms with Gasteiger partial charge in [0.25, 0.3) is 0 Å². The zero-order valence-corrected chi connectivity index (χ0v) is 13.8. The lowest BCUT2D eigenvalue weighted by Crippen LogP contribution is -2.41. The molecule has 7 heteroatoms. The Morgan fingerprint density at radius 3 is 2.68 bits per heavy atom. The molecule has 0 aromatic carbocycles. The molecule has 1 rings (SSSR count). The van der Waals surface area contributed by atoms with Gasteiger partial charge in [-0.1, -0.05) is 0 Å². The van der Waals surface area contributed by atoms with Gasteiger partial charge in [0.2, 0.25) is 5.91 Å². The number of ether oxygens (including phenoxy) is 2. The number of rotatable bonds is 8. The third-order valence-electron chi connectivity index (χ3n) is 3.04. The Morgan fingerprint density at radius 1 is 1.41 bits per heavy atom. The predicted octanol–water partition coefficient (Wildman–Crippen LogP) is 0.958. The van der Waals surface area contributed by atoms with E-state index < -0.39 is 5.97 Å². The average molecular weight is 312 g/mol. The van der Waals surface area contributed by atoms with E-state index in [0.29, 0.717) is 30.2 Å². The largest absolute Gasteiger partial charge is 0.465 e. The summed E-state index contributed by atoms with van der Waals surface area (Å²) in [5, 5.41) is 2.83. The quantitative estimate of drug-likeness (QED) is 0.720. The van der Waals surface area contributed by atoms with E-state index in [0.717, 1.165) is 0 Å². The van der Waals surface area contributed by atoms with Crippen LogP contribution in [0.3, 0.4) is 0 Å². The normalized spacial score (nSPS) is 12.3. The molecular formula is C15H24N2O5. The fraction of sp³-hybridized carbons (Fsp3) is 0.600. The van der Waals surface area contributed by atoms with Crippen LogP contribution in [0.1, 0.15) is 28.8 Å². The summed E-state index contributed by atoms with van der Waals surface area (Å²) in [4.78, 5) is 25.2. The van der Waals surface area contributed by atoms with Crippen molar-refractivity contribution in [2.45, 2.75) is 26.4 Å². The Balaban J connectivity index is 2.53. The van der Waals surface area contributed by atoms with Crippen molar-refractivity contribution in [1.82, 2.24) is 10.2 Å². The maximum Gasteiger partial charge on any atom is 0.341 e. The Morgan fingerprint density at radius 2 is 2.09 bits per heavy atom. The van der Waals surface area contributed by atoms with Crippen LogP contribution in [0.25, 0.3) is 0 Å². The molecule has 0 saturated heterocycles. The molecule has 1 aromatic heterocycles. The molecule has 1 N–H and O–H groups in total. The molecule has 1 aromatic rings. The van der Waals surface area contributed by atoms with Gasteiger partial charge in [-0.3, -0.25) is 9.69 Å². The highest BCUT2D eigenvalue weighted by Gasteiger charge is 2.17. The van der Waals surface area contributed by atoms with Gasteiger partial charge in [0.15, 0.2) is 0 Å². The Kier molecular flexibility index (Phi) is 7.07. The first-order valence-corrected chi connectivity index (χ1v) is 7.01. The van der Waals surface area contributed by atoms with Crippen molar-refractivity contribution >= 4 is 11.9 Å². The smallest absolute Gasteiger partial charge is 0.341 e. The predicted molar refractivity (Wildman–Crippen MR) is 80.6 cm³/mol. The van der Waals surface area contributed by atoms with E-state index in [1.165, 1.54) is 7.11 Å². The standard InChI is InChI=1S/C15H24N2O5/c1-10(9-20-4)16-14(18)8-17(3)7-12-6-13(11(2)22-12)15(19)21-5/h6,10H,7-9H2,1-5H3,(H,16,18). The first-order chi connectivity index (χ1) is 10.4. The number of nitrogens with one attached hydrogen (secondary N) is 1. The van der Waals surface area contributed by atoms with E-state index >= 15 is 0 Å². The lowest BCUT2D eigenvalue weighted by atomic mass is 10.2. The van der Waals surface area contributed by atoms with Gasteiger partial charge >= 0.3 is 5.97 Å². The molecule has 1 heterocycles. The summed E-state index contributed by atoms with van der Waals surface area (Å²) in [6.07, 6.45) is 0. The number of amides is 1. The number of carbonyl (C=O) groups is 2. The summed E-state index contributed by atoms with van der Waals surface area (Å²) in [6.45, 7) is 4.69. The first kappa shape index (κ1) is 18.2. The molecule has 1 unspecified atom stereocenters. The molecule has 1 atom stereocenters. The molecule has 0 radical (unpaired) electrons. The van der Waals surface area contributed by atoms with Gasteiger partial charge in [-0.15, -0.1) is 0 Å². The molecule has 0 saturated carbocycles. The van der Waals surface area contributed by atoms with Crippen LogP contribution in [0.2, 0.25) is 0 Å². The minimum atomic E-state index is -0.429. The molecule has 22 heavy (non-hydrogen) atoms. The first-order valence-electron chi connectivity index (χ1n) is 7.01. The lowest BCUT2D eigenvalue weighted by molar-refractivity contribution is -0.123. The number of hydrogen-bond acceptors (Lipinski definition) is 6. The van der Waals surface area contributed by atoms with Crippen LogP contribution in [0.15, 0.2) is 10.5 Å². The van der Waals surface area contributed by atoms with E-state index in [1.807, 2.05) is 6.92 Å². The molecule has 124 valence electrons. The van der Waals surface area contributed by atoms with Gasteiger partial charge in [-0.25, -0.2) is 4.79 Å². The van der Waals surface area contributed by atoms with Crippen LogP contribution >= 0.6 is 0 Å². The highest BCUT2D eigenvalue weighted by molar-refractivity contribution is 5.90. The van der Waals surface area contributed by atoms with E-state index in [2.05, 4.69) is 10.1 Å². The summed E-state index contributed by atoms with van der Waals surface area (Å²) in [5.41, 5.74) is 0.407. The Bertz CT molecular complexity index is 512. The van der Waals surface area contributed by atoms with Gasteiger partial charge in [0.1, 0.15) is 17.1 Å². The number of nitrogens with zero attached hydrogens (tertiary/aromatic N) is 1. The van der Waals surface area contributed by atoms with Crippen molar-refractivity contribution in [2.75, 3.05) is 34.4 Å². The third-order valence-corrected chi connectivity index (χ3v) is 3.04. The molecule has 0 fully saturated rings. The number of likely N-dealkylation sites (N-methyl/N-ethyl adjacent to an activating group) is 1. The number of hydrogen-bond donors (Lipinski definition) is 1. The van der Waals surface area contributed by atoms with E-state index in [9.17, 15) is 9.59 Å². The molecular weight excluding hydrogens is 288 g/mol. The van der Waals surface area contributed by atoms with Crippen LogP contribution < -0.4 is 5.32 Å². The number of carbonyl (C=O) groups excluding carboxylic acids is 2. The van der Waals surface area contributed by atoms with Gasteiger partial charge in [0, 0.05) is 13.2 Å². The van der Waals surface area contributed by atoms with Crippen molar-refractivity contribution < 1.29 is 23.5 Å². The fourth-order valence-corrected chi connectivity index (χ4v) is 2.11. The van der Waals surface area contributed by atoms with Gasteiger partial charge in [-0.2, -0.15) is 0 Å².